The fourth-order valence-corrected chi connectivity index (χ4v) is 5.36. The van der Waals surface area contributed by atoms with Crippen LogP contribution in [0.5, 0.6) is 0 Å². The van der Waals surface area contributed by atoms with Crippen LogP contribution in [0.4, 0.5) is 5.69 Å². The van der Waals surface area contributed by atoms with Crippen molar-refractivity contribution in [2.24, 2.45) is 0 Å². The first-order valence-electron chi connectivity index (χ1n) is 9.35. The summed E-state index contributed by atoms with van der Waals surface area (Å²) in [6.07, 6.45) is 3.30. The Morgan fingerprint density at radius 3 is 2.66 bits per heavy atom. The second-order valence-corrected chi connectivity index (χ2v) is 8.75. The van der Waals surface area contributed by atoms with Gasteiger partial charge in [-0.2, -0.15) is 0 Å². The van der Waals surface area contributed by atoms with Gasteiger partial charge in [0.25, 0.3) is 10.0 Å². The highest BCUT2D eigenvalue weighted by molar-refractivity contribution is 7.90. The molecule has 5 rings (SSSR count). The van der Waals surface area contributed by atoms with Crippen molar-refractivity contribution in [3.05, 3.63) is 65.2 Å². The number of aromatic nitrogens is 3. The molecule has 0 bridgehead atoms. The second-order valence-electron chi connectivity index (χ2n) is 6.97. The molecule has 3 aromatic heterocycles. The van der Waals surface area contributed by atoms with E-state index in [-0.39, 0.29) is 10.5 Å². The third kappa shape index (κ3) is 2.90. The lowest BCUT2D eigenvalue weighted by Gasteiger charge is -2.28. The molecule has 29 heavy (non-hydrogen) atoms. The summed E-state index contributed by atoms with van der Waals surface area (Å²) in [6.45, 7) is 3.21. The highest BCUT2D eigenvalue weighted by Crippen LogP contribution is 2.32. The number of piperazine rings is 1. The van der Waals surface area contributed by atoms with Crippen LogP contribution in [0.15, 0.2) is 64.5 Å². The molecule has 0 aliphatic carbocycles. The van der Waals surface area contributed by atoms with Gasteiger partial charge in [-0.1, -0.05) is 12.1 Å². The predicted molar refractivity (Wildman–Crippen MR) is 112 cm³/mol. The van der Waals surface area contributed by atoms with Crippen LogP contribution < -0.4 is 15.8 Å². The summed E-state index contributed by atoms with van der Waals surface area (Å²) in [4.78, 5) is 21.2. The molecule has 0 unspecified atom stereocenters. The standard InChI is InChI=1S/C20H19N5O3S/c26-18-7-6-14-3-1-5-17(19(14)23-18)29(27,28)25-13-16(24-11-9-21-10-12-24)20-15(25)4-2-8-22-20/h1-8,13,21H,9-12H2,(H,23,26). The van der Waals surface area contributed by atoms with Gasteiger partial charge in [0.05, 0.1) is 16.7 Å². The van der Waals surface area contributed by atoms with E-state index in [4.69, 9.17) is 0 Å². The van der Waals surface area contributed by atoms with Gasteiger partial charge in [-0.15, -0.1) is 0 Å². The molecule has 2 N–H and O–H groups in total. The summed E-state index contributed by atoms with van der Waals surface area (Å²) in [5, 5.41) is 3.96. The van der Waals surface area contributed by atoms with Crippen molar-refractivity contribution >= 4 is 37.6 Å². The summed E-state index contributed by atoms with van der Waals surface area (Å²) in [6, 6.07) is 11.4. The monoisotopic (exact) mass is 409 g/mol. The topological polar surface area (TPSA) is 100 Å². The van der Waals surface area contributed by atoms with Crippen LogP contribution in [0.1, 0.15) is 0 Å². The number of hydrogen-bond donors (Lipinski definition) is 2. The number of benzene rings is 1. The minimum Gasteiger partial charge on any atom is -0.366 e. The Balaban J connectivity index is 1.76. The molecule has 8 nitrogen and oxygen atoms in total. The van der Waals surface area contributed by atoms with Crippen LogP contribution in [0, 0.1) is 0 Å². The molecule has 1 aliphatic rings. The Bertz CT molecular complexity index is 1380. The Hall–Kier alpha value is -3.17. The number of nitrogens with one attached hydrogen (secondary N) is 2. The first-order valence-corrected chi connectivity index (χ1v) is 10.8. The van der Waals surface area contributed by atoms with Crippen molar-refractivity contribution < 1.29 is 8.42 Å². The summed E-state index contributed by atoms with van der Waals surface area (Å²) in [7, 11) is -3.96. The number of pyridine rings is 2. The average molecular weight is 409 g/mol. The number of para-hydroxylation sites is 1. The van der Waals surface area contributed by atoms with Crippen molar-refractivity contribution in [3.8, 4) is 0 Å². The van der Waals surface area contributed by atoms with Gasteiger partial charge in [-0.25, -0.2) is 12.4 Å². The quantitative estimate of drug-likeness (QED) is 0.532. The first-order chi connectivity index (χ1) is 14.1. The zero-order valence-corrected chi connectivity index (χ0v) is 16.3. The van der Waals surface area contributed by atoms with Gasteiger partial charge >= 0.3 is 0 Å². The zero-order chi connectivity index (χ0) is 20.0. The fourth-order valence-electron chi connectivity index (χ4n) is 3.82. The van der Waals surface area contributed by atoms with Crippen LogP contribution in [-0.4, -0.2) is 48.5 Å². The van der Waals surface area contributed by atoms with Gasteiger partial charge < -0.3 is 15.2 Å². The Labute approximate surface area is 166 Å². The molecule has 0 saturated carbocycles. The maximum absolute atomic E-state index is 13.7. The molecule has 9 heteroatoms. The average Bonchev–Trinajstić information content (AvgIpc) is 3.14. The number of H-pyrrole nitrogens is 1. The third-order valence-electron chi connectivity index (χ3n) is 5.22. The van der Waals surface area contributed by atoms with E-state index in [1.807, 2.05) is 0 Å². The van der Waals surface area contributed by atoms with E-state index in [9.17, 15) is 13.2 Å². The van der Waals surface area contributed by atoms with Crippen LogP contribution in [0.3, 0.4) is 0 Å². The molecule has 1 fully saturated rings. The van der Waals surface area contributed by atoms with Crippen molar-refractivity contribution in [2.45, 2.75) is 4.90 Å². The number of rotatable bonds is 3. The molecular formula is C20H19N5O3S. The van der Waals surface area contributed by atoms with E-state index < -0.39 is 10.0 Å². The van der Waals surface area contributed by atoms with Gasteiger partial charge in [-0.3, -0.25) is 9.78 Å². The maximum Gasteiger partial charge on any atom is 0.270 e. The summed E-state index contributed by atoms with van der Waals surface area (Å²) >= 11 is 0. The molecule has 1 saturated heterocycles. The van der Waals surface area contributed by atoms with E-state index in [1.165, 1.54) is 16.1 Å². The zero-order valence-electron chi connectivity index (χ0n) is 15.5. The summed E-state index contributed by atoms with van der Waals surface area (Å²) in [5.74, 6) is 0. The lowest BCUT2D eigenvalue weighted by atomic mass is 10.2. The number of fused-ring (bicyclic) bond motifs is 2. The first kappa shape index (κ1) is 17.9. The minimum atomic E-state index is -3.96. The smallest absolute Gasteiger partial charge is 0.270 e. The van der Waals surface area contributed by atoms with Crippen molar-refractivity contribution in [1.29, 1.82) is 0 Å². The molecule has 1 aromatic carbocycles. The predicted octanol–water partition coefficient (Wildman–Crippen LogP) is 1.52. The molecule has 4 aromatic rings. The molecular weight excluding hydrogens is 390 g/mol. The minimum absolute atomic E-state index is 0.0558. The van der Waals surface area contributed by atoms with E-state index >= 15 is 0 Å². The molecule has 0 radical (unpaired) electrons. The lowest BCUT2D eigenvalue weighted by Crippen LogP contribution is -2.43. The van der Waals surface area contributed by atoms with E-state index in [1.54, 1.807) is 42.7 Å². The number of anilines is 1. The molecule has 148 valence electrons. The summed E-state index contributed by atoms with van der Waals surface area (Å²) in [5.41, 5.74) is 1.90. The van der Waals surface area contributed by atoms with E-state index in [0.717, 1.165) is 31.9 Å². The van der Waals surface area contributed by atoms with Gasteiger partial charge in [0, 0.05) is 44.6 Å². The number of hydrogen-bond acceptors (Lipinski definition) is 6. The fraction of sp³-hybridized carbons (Fsp3) is 0.200. The van der Waals surface area contributed by atoms with Crippen LogP contribution in [0.25, 0.3) is 21.9 Å². The van der Waals surface area contributed by atoms with Gasteiger partial charge in [0.15, 0.2) is 0 Å². The van der Waals surface area contributed by atoms with Gasteiger partial charge in [0.1, 0.15) is 10.4 Å². The van der Waals surface area contributed by atoms with Crippen LogP contribution >= 0.6 is 0 Å². The van der Waals surface area contributed by atoms with Crippen molar-refractivity contribution in [3.63, 3.8) is 0 Å². The number of nitrogens with zero attached hydrogens (tertiary/aromatic N) is 3. The second kappa shape index (κ2) is 6.71. The Morgan fingerprint density at radius 2 is 1.83 bits per heavy atom. The van der Waals surface area contributed by atoms with Crippen molar-refractivity contribution in [1.82, 2.24) is 19.3 Å². The van der Waals surface area contributed by atoms with Crippen LogP contribution in [-0.2, 0) is 10.0 Å². The SMILES string of the molecule is O=c1ccc2cccc(S(=O)(=O)n3cc(N4CCNCC4)c4ncccc43)c2[nH]1. The molecule has 0 amide bonds. The maximum atomic E-state index is 13.7. The van der Waals surface area contributed by atoms with E-state index in [0.29, 0.717) is 21.9 Å². The normalized spacial score (nSPS) is 15.2. The molecule has 4 heterocycles. The van der Waals surface area contributed by atoms with Crippen LogP contribution in [0.2, 0.25) is 0 Å². The lowest BCUT2D eigenvalue weighted by molar-refractivity contribution is 0.586. The molecule has 1 aliphatic heterocycles. The molecule has 0 atom stereocenters. The Kier molecular flexibility index (Phi) is 4.14. The van der Waals surface area contributed by atoms with Gasteiger partial charge in [-0.05, 0) is 29.7 Å². The van der Waals surface area contributed by atoms with Gasteiger partial charge in [0.2, 0.25) is 5.56 Å². The number of aromatic amines is 1. The largest absolute Gasteiger partial charge is 0.366 e. The third-order valence-corrected chi connectivity index (χ3v) is 6.94. The highest BCUT2D eigenvalue weighted by Gasteiger charge is 2.26. The van der Waals surface area contributed by atoms with Crippen molar-refractivity contribution in [2.75, 3.05) is 31.1 Å². The molecule has 0 spiro atoms. The summed E-state index contributed by atoms with van der Waals surface area (Å²) < 4.78 is 28.6. The Morgan fingerprint density at radius 1 is 1.00 bits per heavy atom. The van der Waals surface area contributed by atoms with E-state index in [2.05, 4.69) is 20.2 Å². The highest BCUT2D eigenvalue weighted by atomic mass is 32.2.